The van der Waals surface area contributed by atoms with E-state index in [1.165, 1.54) is 28.9 Å². The molecule has 0 spiro atoms. The molecule has 1 aliphatic heterocycles. The van der Waals surface area contributed by atoms with E-state index in [1.54, 1.807) is 13.1 Å². The van der Waals surface area contributed by atoms with Crippen molar-refractivity contribution in [2.24, 2.45) is 5.10 Å². The monoisotopic (exact) mass is 425 g/mol. The molecule has 0 aliphatic carbocycles. The molecule has 0 bridgehead atoms. The molecule has 0 atom stereocenters. The smallest absolute Gasteiger partial charge is 0.416 e. The number of benzene rings is 1. The normalized spacial score (nSPS) is 13.5. The fourth-order valence-corrected chi connectivity index (χ4v) is 4.31. The number of rotatable bonds is 3. The third kappa shape index (κ3) is 4.20. The van der Waals surface area contributed by atoms with Gasteiger partial charge in [0.25, 0.3) is 0 Å². The number of thioether (sulfide) groups is 2. The predicted octanol–water partition coefficient (Wildman–Crippen LogP) is 3.81. The van der Waals surface area contributed by atoms with Crippen molar-refractivity contribution in [3.05, 3.63) is 46.6 Å². The van der Waals surface area contributed by atoms with Crippen LogP contribution in [0.3, 0.4) is 0 Å². The Morgan fingerprint density at radius 3 is 2.75 bits per heavy atom. The molecule has 3 rings (SSSR count). The summed E-state index contributed by atoms with van der Waals surface area (Å²) >= 11 is 2.39. The first-order chi connectivity index (χ1) is 13.2. The first-order valence-electron chi connectivity index (χ1n) is 7.53. The molecule has 144 valence electrons. The average molecular weight is 425 g/mol. The zero-order chi connectivity index (χ0) is 20.5. The van der Waals surface area contributed by atoms with Crippen molar-refractivity contribution in [1.82, 2.24) is 10.2 Å². The lowest BCUT2D eigenvalue weighted by molar-refractivity contribution is -0.137. The summed E-state index contributed by atoms with van der Waals surface area (Å²) in [6.45, 7) is 0. The van der Waals surface area contributed by atoms with Gasteiger partial charge in [0, 0.05) is 18.9 Å². The third-order valence-electron chi connectivity index (χ3n) is 3.63. The zero-order valence-corrected chi connectivity index (χ0v) is 15.7. The maximum Gasteiger partial charge on any atom is 0.416 e. The Kier molecular flexibility index (Phi) is 5.48. The second-order valence-electron chi connectivity index (χ2n) is 5.49. The summed E-state index contributed by atoms with van der Waals surface area (Å²) in [5.74, 6) is -0.972. The number of alkyl halides is 3. The topological polar surface area (TPSA) is 102 Å². The van der Waals surface area contributed by atoms with Gasteiger partial charge in [0.2, 0.25) is 0 Å². The van der Waals surface area contributed by atoms with Crippen LogP contribution in [-0.4, -0.2) is 32.7 Å². The largest absolute Gasteiger partial charge is 0.476 e. The Morgan fingerprint density at radius 2 is 2.11 bits per heavy atom. The van der Waals surface area contributed by atoms with Crippen LogP contribution in [0.15, 0.2) is 34.4 Å². The maximum atomic E-state index is 12.8. The predicted molar refractivity (Wildman–Crippen MR) is 98.1 cm³/mol. The molecular weight excluding hydrogens is 415 g/mol. The number of carboxylic acid groups (broad SMARTS) is 1. The summed E-state index contributed by atoms with van der Waals surface area (Å²) in [6, 6.07) is 6.18. The summed E-state index contributed by atoms with van der Waals surface area (Å²) in [5, 5.41) is 31.9. The van der Waals surface area contributed by atoms with E-state index in [0.29, 0.717) is 20.7 Å². The third-order valence-corrected chi connectivity index (χ3v) is 5.76. The van der Waals surface area contributed by atoms with Gasteiger partial charge in [0.15, 0.2) is 15.1 Å². The molecule has 12 heteroatoms. The van der Waals surface area contributed by atoms with Crippen molar-refractivity contribution in [1.29, 1.82) is 5.26 Å². The molecule has 2 aromatic rings. The van der Waals surface area contributed by atoms with E-state index in [2.05, 4.69) is 15.3 Å². The van der Waals surface area contributed by atoms with Gasteiger partial charge in [0.05, 0.1) is 22.9 Å². The van der Waals surface area contributed by atoms with Crippen LogP contribution < -0.4 is 5.01 Å². The van der Waals surface area contributed by atoms with Gasteiger partial charge in [-0.15, -0.1) is 10.2 Å². The minimum Gasteiger partial charge on any atom is -0.476 e. The molecule has 7 nitrogen and oxygen atoms in total. The number of nitriles is 1. The molecule has 0 saturated heterocycles. The van der Waals surface area contributed by atoms with Crippen LogP contribution in [0.1, 0.15) is 27.2 Å². The molecule has 1 N–H and O–H groups in total. The molecule has 2 heterocycles. The number of hydrogen-bond acceptors (Lipinski definition) is 8. The fourth-order valence-electron chi connectivity index (χ4n) is 2.24. The van der Waals surface area contributed by atoms with Gasteiger partial charge in [-0.2, -0.15) is 23.5 Å². The second kappa shape index (κ2) is 7.69. The van der Waals surface area contributed by atoms with Crippen molar-refractivity contribution in [2.45, 2.75) is 17.0 Å². The van der Waals surface area contributed by atoms with Gasteiger partial charge in [0.1, 0.15) is 0 Å². The molecule has 0 amide bonds. The summed E-state index contributed by atoms with van der Waals surface area (Å²) in [5.41, 5.74) is -0.205. The van der Waals surface area contributed by atoms with Gasteiger partial charge in [-0.25, -0.2) is 4.79 Å². The number of carbonyl (C=O) groups is 1. The summed E-state index contributed by atoms with van der Waals surface area (Å²) in [7, 11) is 1.62. The van der Waals surface area contributed by atoms with Gasteiger partial charge < -0.3 is 5.11 Å². The van der Waals surface area contributed by atoms with Crippen LogP contribution in [0.2, 0.25) is 0 Å². The highest BCUT2D eigenvalue weighted by molar-refractivity contribution is 8.38. The molecular formula is C16H10F3N5O2S2. The van der Waals surface area contributed by atoms with Crippen molar-refractivity contribution in [3.8, 4) is 6.07 Å². The first kappa shape index (κ1) is 20.0. The fraction of sp³-hybridized carbons (Fsp3) is 0.188. The van der Waals surface area contributed by atoms with Gasteiger partial charge in [-0.1, -0.05) is 17.8 Å². The Bertz CT molecular complexity index is 1020. The Hall–Kier alpha value is -2.78. The van der Waals surface area contributed by atoms with Gasteiger partial charge in [-0.3, -0.25) is 5.01 Å². The van der Waals surface area contributed by atoms with Crippen LogP contribution in [0.4, 0.5) is 18.9 Å². The minimum absolute atomic E-state index is 0.0524. The molecule has 0 unspecified atom stereocenters. The number of hydrazone groups is 1. The number of halogens is 3. The van der Waals surface area contributed by atoms with E-state index >= 15 is 0 Å². The lowest BCUT2D eigenvalue weighted by atomic mass is 10.1. The Balaban J connectivity index is 1.76. The number of aromatic nitrogens is 2. The molecule has 1 aromatic carbocycles. The van der Waals surface area contributed by atoms with E-state index in [1.807, 2.05) is 0 Å². The van der Waals surface area contributed by atoms with Crippen LogP contribution in [0.5, 0.6) is 0 Å². The van der Waals surface area contributed by atoms with Crippen LogP contribution in [0.25, 0.3) is 0 Å². The highest BCUT2D eigenvalue weighted by Crippen LogP contribution is 2.38. The standard InChI is InChI=1S/C16H10F3N5O2S2/c1-24-12-5-11(14(25)26)21-22-13(12)28-15(23-24)27-7-8-2-3-10(16(17,18)19)4-9(8)6-20/h2-5H,7H2,1H3,(H,25,26). The lowest BCUT2D eigenvalue weighted by Crippen LogP contribution is -2.18. The van der Waals surface area contributed by atoms with Crippen LogP contribution in [-0.2, 0) is 11.9 Å². The quantitative estimate of drug-likeness (QED) is 0.792. The molecule has 0 saturated carbocycles. The van der Waals surface area contributed by atoms with E-state index in [4.69, 9.17) is 10.4 Å². The van der Waals surface area contributed by atoms with Crippen molar-refractivity contribution in [2.75, 3.05) is 12.1 Å². The zero-order valence-electron chi connectivity index (χ0n) is 14.1. The number of fused-ring (bicyclic) bond motifs is 1. The van der Waals surface area contributed by atoms with Gasteiger partial charge in [-0.05, 0) is 29.5 Å². The molecule has 1 aliphatic rings. The number of hydrogen-bond donors (Lipinski definition) is 1. The number of anilines is 1. The molecule has 0 fully saturated rings. The number of nitrogens with zero attached hydrogens (tertiary/aromatic N) is 5. The van der Waals surface area contributed by atoms with Crippen molar-refractivity contribution >= 4 is 39.6 Å². The summed E-state index contributed by atoms with van der Waals surface area (Å²) in [4.78, 5) is 11.0. The minimum atomic E-state index is -4.51. The van der Waals surface area contributed by atoms with E-state index in [9.17, 15) is 18.0 Å². The van der Waals surface area contributed by atoms with Crippen molar-refractivity contribution < 1.29 is 23.1 Å². The Labute approximate surface area is 165 Å². The summed E-state index contributed by atoms with van der Waals surface area (Å²) in [6.07, 6.45) is -4.51. The highest BCUT2D eigenvalue weighted by atomic mass is 32.2. The SMILES string of the molecule is CN1N=C(SCc2ccc(C(F)(F)F)cc2C#N)Sc2nnc(C(=O)O)cc21. The summed E-state index contributed by atoms with van der Waals surface area (Å²) < 4.78 is 38.9. The van der Waals surface area contributed by atoms with Crippen LogP contribution >= 0.6 is 23.5 Å². The lowest BCUT2D eigenvalue weighted by Gasteiger charge is -2.22. The average Bonchev–Trinajstić information content (AvgIpc) is 2.65. The van der Waals surface area contributed by atoms with E-state index in [-0.39, 0.29) is 17.0 Å². The number of aromatic carboxylic acids is 1. The molecule has 0 radical (unpaired) electrons. The van der Waals surface area contributed by atoms with Crippen molar-refractivity contribution in [3.63, 3.8) is 0 Å². The molecule has 1 aromatic heterocycles. The van der Waals surface area contributed by atoms with E-state index in [0.717, 1.165) is 23.9 Å². The first-order valence-corrected chi connectivity index (χ1v) is 9.33. The molecule has 28 heavy (non-hydrogen) atoms. The second-order valence-corrected chi connectivity index (χ2v) is 7.69. The Morgan fingerprint density at radius 1 is 1.36 bits per heavy atom. The highest BCUT2D eigenvalue weighted by Gasteiger charge is 2.31. The van der Waals surface area contributed by atoms with E-state index < -0.39 is 17.7 Å². The maximum absolute atomic E-state index is 12.8. The van der Waals surface area contributed by atoms with Gasteiger partial charge >= 0.3 is 12.1 Å². The van der Waals surface area contributed by atoms with Crippen LogP contribution in [0, 0.1) is 11.3 Å². The number of carboxylic acids is 1.